The molecule has 17 heavy (non-hydrogen) atoms. The lowest BCUT2D eigenvalue weighted by Gasteiger charge is -2.25. The van der Waals surface area contributed by atoms with Gasteiger partial charge in [-0.1, -0.05) is 4.49 Å². The fraction of sp³-hybridized carbons (Fsp3) is 0.818. The van der Waals surface area contributed by atoms with Gasteiger partial charge in [-0.15, -0.1) is 5.10 Å². The summed E-state index contributed by atoms with van der Waals surface area (Å²) >= 11 is 1.43. The molecule has 0 aromatic carbocycles. The fourth-order valence-corrected chi connectivity index (χ4v) is 2.91. The second-order valence-electron chi connectivity index (χ2n) is 4.77. The Kier molecular flexibility index (Phi) is 4.31. The van der Waals surface area contributed by atoms with Crippen molar-refractivity contribution < 1.29 is 0 Å². The van der Waals surface area contributed by atoms with E-state index in [1.807, 2.05) is 7.05 Å². The third kappa shape index (κ3) is 3.14. The molecule has 1 atom stereocenters. The summed E-state index contributed by atoms with van der Waals surface area (Å²) in [6.45, 7) is 3.22. The predicted octanol–water partition coefficient (Wildman–Crippen LogP) is 1.11. The maximum atomic E-state index is 4.17. The average molecular weight is 255 g/mol. The zero-order valence-corrected chi connectivity index (χ0v) is 11.6. The van der Waals surface area contributed by atoms with Gasteiger partial charge in [0.1, 0.15) is 10.7 Å². The van der Waals surface area contributed by atoms with Crippen LogP contribution in [-0.2, 0) is 6.54 Å². The van der Waals surface area contributed by atoms with Crippen molar-refractivity contribution in [2.75, 3.05) is 39.5 Å². The van der Waals surface area contributed by atoms with E-state index < -0.39 is 0 Å². The largest absolute Gasteiger partial charge is 0.377 e. The molecule has 2 rings (SSSR count). The van der Waals surface area contributed by atoms with Gasteiger partial charge in [-0.3, -0.25) is 4.90 Å². The van der Waals surface area contributed by atoms with Gasteiger partial charge in [0.2, 0.25) is 0 Å². The topological polar surface area (TPSA) is 44.3 Å². The van der Waals surface area contributed by atoms with E-state index in [0.29, 0.717) is 6.04 Å². The van der Waals surface area contributed by atoms with Gasteiger partial charge in [-0.2, -0.15) is 0 Å². The number of rotatable bonds is 5. The zero-order valence-electron chi connectivity index (χ0n) is 10.8. The van der Waals surface area contributed by atoms with Crippen LogP contribution in [0.25, 0.3) is 0 Å². The van der Waals surface area contributed by atoms with Crippen LogP contribution in [0.1, 0.15) is 18.5 Å². The molecule has 1 fully saturated rings. The minimum absolute atomic E-state index is 0.699. The first-order valence-electron chi connectivity index (χ1n) is 6.08. The van der Waals surface area contributed by atoms with Crippen molar-refractivity contribution >= 4 is 16.5 Å². The highest BCUT2D eigenvalue weighted by atomic mass is 32.1. The quantitative estimate of drug-likeness (QED) is 0.854. The number of aromatic nitrogens is 2. The summed E-state index contributed by atoms with van der Waals surface area (Å²) in [5.74, 6) is 0. The number of anilines is 1. The number of likely N-dealkylation sites (tertiary alicyclic amines) is 1. The Morgan fingerprint density at radius 2 is 2.41 bits per heavy atom. The number of hydrogen-bond acceptors (Lipinski definition) is 6. The Hall–Kier alpha value is -0.720. The summed E-state index contributed by atoms with van der Waals surface area (Å²) in [7, 11) is 6.29. The van der Waals surface area contributed by atoms with Crippen LogP contribution in [0.15, 0.2) is 0 Å². The first kappa shape index (κ1) is 12.7. The zero-order chi connectivity index (χ0) is 12.3. The SMILES string of the molecule is CNc1snnc1CN(C)CC1CCCN1C. The molecule has 1 N–H and O–H groups in total. The van der Waals surface area contributed by atoms with Crippen LogP contribution >= 0.6 is 11.5 Å². The second kappa shape index (κ2) is 5.75. The lowest BCUT2D eigenvalue weighted by atomic mass is 10.2. The first-order valence-corrected chi connectivity index (χ1v) is 6.86. The highest BCUT2D eigenvalue weighted by Crippen LogP contribution is 2.20. The fourth-order valence-electron chi connectivity index (χ4n) is 2.39. The van der Waals surface area contributed by atoms with Gasteiger partial charge in [-0.05, 0) is 33.5 Å². The first-order chi connectivity index (χ1) is 8.20. The van der Waals surface area contributed by atoms with Crippen molar-refractivity contribution in [3.63, 3.8) is 0 Å². The molecule has 5 nitrogen and oxygen atoms in total. The molecule has 0 aliphatic carbocycles. The molecule has 0 radical (unpaired) electrons. The maximum Gasteiger partial charge on any atom is 0.134 e. The van der Waals surface area contributed by atoms with Gasteiger partial charge in [0, 0.05) is 37.7 Å². The summed E-state index contributed by atoms with van der Waals surface area (Å²) in [4.78, 5) is 4.79. The maximum absolute atomic E-state index is 4.17. The lowest BCUT2D eigenvalue weighted by molar-refractivity contribution is 0.214. The van der Waals surface area contributed by atoms with Crippen LogP contribution in [0.4, 0.5) is 5.00 Å². The van der Waals surface area contributed by atoms with Crippen molar-refractivity contribution in [3.05, 3.63) is 5.69 Å². The Bertz CT molecular complexity index is 353. The molecular weight excluding hydrogens is 234 g/mol. The molecule has 6 heteroatoms. The van der Waals surface area contributed by atoms with Crippen molar-refractivity contribution in [2.45, 2.75) is 25.4 Å². The Morgan fingerprint density at radius 3 is 3.06 bits per heavy atom. The van der Waals surface area contributed by atoms with Crippen LogP contribution in [0.2, 0.25) is 0 Å². The van der Waals surface area contributed by atoms with Crippen molar-refractivity contribution in [1.82, 2.24) is 19.4 Å². The number of likely N-dealkylation sites (N-methyl/N-ethyl adjacent to an activating group) is 2. The summed E-state index contributed by atoms with van der Waals surface area (Å²) < 4.78 is 3.98. The lowest BCUT2D eigenvalue weighted by Crippen LogP contribution is -2.36. The minimum atomic E-state index is 0.699. The van der Waals surface area contributed by atoms with E-state index in [1.54, 1.807) is 0 Å². The van der Waals surface area contributed by atoms with Crippen LogP contribution in [-0.4, -0.2) is 59.7 Å². The van der Waals surface area contributed by atoms with Gasteiger partial charge < -0.3 is 10.2 Å². The molecule has 1 aromatic rings. The Balaban J connectivity index is 1.86. The van der Waals surface area contributed by atoms with E-state index >= 15 is 0 Å². The van der Waals surface area contributed by atoms with Crippen molar-refractivity contribution in [1.29, 1.82) is 0 Å². The molecule has 0 bridgehead atoms. The summed E-state index contributed by atoms with van der Waals surface area (Å²) in [6, 6.07) is 0.699. The van der Waals surface area contributed by atoms with Gasteiger partial charge in [0.25, 0.3) is 0 Å². The van der Waals surface area contributed by atoms with Crippen LogP contribution in [0.5, 0.6) is 0 Å². The Labute approximate surface area is 107 Å². The molecular formula is C11H21N5S. The highest BCUT2D eigenvalue weighted by molar-refractivity contribution is 7.10. The molecule has 96 valence electrons. The van der Waals surface area contributed by atoms with E-state index in [9.17, 15) is 0 Å². The smallest absolute Gasteiger partial charge is 0.134 e. The Morgan fingerprint density at radius 1 is 1.59 bits per heavy atom. The summed E-state index contributed by atoms with van der Waals surface area (Å²) in [5, 5.41) is 8.39. The molecule has 1 unspecified atom stereocenters. The average Bonchev–Trinajstić information content (AvgIpc) is 2.89. The second-order valence-corrected chi connectivity index (χ2v) is 5.53. The van der Waals surface area contributed by atoms with Crippen molar-refractivity contribution in [2.24, 2.45) is 0 Å². The molecule has 0 amide bonds. The van der Waals surface area contributed by atoms with E-state index in [0.717, 1.165) is 23.8 Å². The van der Waals surface area contributed by atoms with E-state index in [4.69, 9.17) is 0 Å². The number of nitrogens with zero attached hydrogens (tertiary/aromatic N) is 4. The van der Waals surface area contributed by atoms with E-state index in [-0.39, 0.29) is 0 Å². The normalized spacial score (nSPS) is 21.3. The molecule has 1 aliphatic rings. The molecule has 1 aliphatic heterocycles. The predicted molar refractivity (Wildman–Crippen MR) is 71.4 cm³/mol. The van der Waals surface area contributed by atoms with Gasteiger partial charge in [-0.25, -0.2) is 0 Å². The van der Waals surface area contributed by atoms with E-state index in [1.165, 1.54) is 30.9 Å². The van der Waals surface area contributed by atoms with Gasteiger partial charge in [0.15, 0.2) is 0 Å². The van der Waals surface area contributed by atoms with Crippen molar-refractivity contribution in [3.8, 4) is 0 Å². The monoisotopic (exact) mass is 255 g/mol. The van der Waals surface area contributed by atoms with Gasteiger partial charge >= 0.3 is 0 Å². The van der Waals surface area contributed by atoms with Gasteiger partial charge in [0.05, 0.1) is 0 Å². The van der Waals surface area contributed by atoms with Crippen LogP contribution in [0, 0.1) is 0 Å². The molecule has 0 saturated carbocycles. The number of hydrogen-bond donors (Lipinski definition) is 1. The third-order valence-electron chi connectivity index (χ3n) is 3.40. The van der Waals surface area contributed by atoms with Crippen LogP contribution < -0.4 is 5.32 Å². The van der Waals surface area contributed by atoms with E-state index in [2.05, 4.69) is 38.8 Å². The number of nitrogens with one attached hydrogen (secondary N) is 1. The summed E-state index contributed by atoms with van der Waals surface area (Å²) in [5.41, 5.74) is 1.06. The molecule has 1 aromatic heterocycles. The summed E-state index contributed by atoms with van der Waals surface area (Å²) in [6.07, 6.45) is 2.64. The highest BCUT2D eigenvalue weighted by Gasteiger charge is 2.22. The standard InChI is InChI=1S/C11H21N5S/c1-12-11-10(13-14-17-11)8-15(2)7-9-5-4-6-16(9)3/h9,12H,4-8H2,1-3H3. The third-order valence-corrected chi connectivity index (χ3v) is 4.18. The van der Waals surface area contributed by atoms with Crippen LogP contribution in [0.3, 0.4) is 0 Å². The molecule has 0 spiro atoms. The molecule has 2 heterocycles. The molecule has 1 saturated heterocycles. The minimum Gasteiger partial charge on any atom is -0.377 e.